The summed E-state index contributed by atoms with van der Waals surface area (Å²) in [5.74, 6) is -0.331. The number of hydrogen-bond donors (Lipinski definition) is 1. The third-order valence-electron chi connectivity index (χ3n) is 4.54. The van der Waals surface area contributed by atoms with Gasteiger partial charge < -0.3 is 5.32 Å². The molecule has 0 aliphatic carbocycles. The molecule has 2 aromatic carbocycles. The zero-order valence-electron chi connectivity index (χ0n) is 15.3. The molecule has 1 heterocycles. The quantitative estimate of drug-likeness (QED) is 0.915. The highest BCUT2D eigenvalue weighted by Gasteiger charge is 2.26. The molecule has 0 bridgehead atoms. The van der Waals surface area contributed by atoms with Gasteiger partial charge in [0.15, 0.2) is 0 Å². The fourth-order valence-electron chi connectivity index (χ4n) is 3.07. The van der Waals surface area contributed by atoms with E-state index in [1.807, 2.05) is 39.0 Å². The van der Waals surface area contributed by atoms with Gasteiger partial charge in [-0.2, -0.15) is 5.10 Å². The van der Waals surface area contributed by atoms with E-state index in [9.17, 15) is 9.59 Å². The first-order chi connectivity index (χ1) is 12.5. The van der Waals surface area contributed by atoms with Gasteiger partial charge >= 0.3 is 0 Å². The first-order valence-corrected chi connectivity index (χ1v) is 8.79. The van der Waals surface area contributed by atoms with E-state index in [1.165, 1.54) is 5.01 Å². The van der Waals surface area contributed by atoms with Crippen LogP contribution in [-0.4, -0.2) is 17.5 Å². The van der Waals surface area contributed by atoms with E-state index in [0.29, 0.717) is 17.8 Å². The van der Waals surface area contributed by atoms with E-state index >= 15 is 0 Å². The Hall–Kier alpha value is -2.95. The van der Waals surface area contributed by atoms with Crippen molar-refractivity contribution in [1.29, 1.82) is 0 Å². The topological polar surface area (TPSA) is 61.8 Å². The summed E-state index contributed by atoms with van der Waals surface area (Å²) in [4.78, 5) is 24.9. The second-order valence-corrected chi connectivity index (χ2v) is 6.64. The molecule has 1 atom stereocenters. The lowest BCUT2D eigenvalue weighted by Crippen LogP contribution is -2.40. The van der Waals surface area contributed by atoms with Gasteiger partial charge in [-0.05, 0) is 44.0 Å². The molecule has 1 aliphatic heterocycles. The maximum absolute atomic E-state index is 12.7. The number of nitrogens with one attached hydrogen (secondary N) is 1. The van der Waals surface area contributed by atoms with Crippen LogP contribution in [0.2, 0.25) is 0 Å². The molecule has 0 saturated heterocycles. The van der Waals surface area contributed by atoms with E-state index < -0.39 is 0 Å². The number of amides is 2. The van der Waals surface area contributed by atoms with Crippen LogP contribution in [0, 0.1) is 13.8 Å². The number of carbonyl (C=O) groups is 2. The van der Waals surface area contributed by atoms with Crippen molar-refractivity contribution < 1.29 is 9.59 Å². The van der Waals surface area contributed by atoms with Crippen LogP contribution in [0.15, 0.2) is 53.6 Å². The lowest BCUT2D eigenvalue weighted by Gasteiger charge is -2.24. The van der Waals surface area contributed by atoms with Crippen molar-refractivity contribution in [3.05, 3.63) is 65.2 Å². The molecule has 0 aromatic heterocycles. The predicted octanol–water partition coefficient (Wildman–Crippen LogP) is 3.66. The smallest absolute Gasteiger partial charge is 0.267 e. The maximum Gasteiger partial charge on any atom is 0.267 e. The molecule has 1 N–H and O–H groups in total. The summed E-state index contributed by atoms with van der Waals surface area (Å²) in [5, 5.41) is 8.64. The number of aryl methyl sites for hydroxylation is 2. The van der Waals surface area contributed by atoms with Crippen molar-refractivity contribution in [3.8, 4) is 0 Å². The van der Waals surface area contributed by atoms with Gasteiger partial charge in [-0.1, -0.05) is 42.0 Å². The fraction of sp³-hybridized carbons (Fsp3) is 0.286. The summed E-state index contributed by atoms with van der Waals surface area (Å²) < 4.78 is 0. The monoisotopic (exact) mass is 349 g/mol. The van der Waals surface area contributed by atoms with Gasteiger partial charge in [0.05, 0.1) is 11.7 Å². The Morgan fingerprint density at radius 3 is 2.58 bits per heavy atom. The largest absolute Gasteiger partial charge is 0.344 e. The first kappa shape index (κ1) is 17.9. The Morgan fingerprint density at radius 1 is 1.12 bits per heavy atom. The average Bonchev–Trinajstić information content (AvgIpc) is 2.64. The van der Waals surface area contributed by atoms with Crippen LogP contribution >= 0.6 is 0 Å². The Bertz CT molecular complexity index is 859. The van der Waals surface area contributed by atoms with E-state index in [2.05, 4.69) is 28.6 Å². The Kier molecular flexibility index (Phi) is 5.16. The molecule has 1 aliphatic rings. The highest BCUT2D eigenvalue weighted by molar-refractivity contribution is 6.40. The molecular weight excluding hydrogens is 326 g/mol. The lowest BCUT2D eigenvalue weighted by atomic mass is 9.99. The van der Waals surface area contributed by atoms with Crippen LogP contribution in [0.5, 0.6) is 0 Å². The average molecular weight is 349 g/mol. The van der Waals surface area contributed by atoms with Crippen LogP contribution < -0.4 is 10.3 Å². The summed E-state index contributed by atoms with van der Waals surface area (Å²) >= 11 is 0. The van der Waals surface area contributed by atoms with E-state index in [4.69, 9.17) is 0 Å². The van der Waals surface area contributed by atoms with Crippen LogP contribution in [-0.2, 0) is 9.59 Å². The number of benzene rings is 2. The Morgan fingerprint density at radius 2 is 1.85 bits per heavy atom. The molecule has 26 heavy (non-hydrogen) atoms. The SMILES string of the molecule is Cc1ccc(C)c(C(C)NC(=O)C2=NN(c3ccccc3)C(=O)CC2)c1. The van der Waals surface area contributed by atoms with E-state index in [0.717, 1.165) is 16.7 Å². The highest BCUT2D eigenvalue weighted by Crippen LogP contribution is 2.21. The summed E-state index contributed by atoms with van der Waals surface area (Å²) in [6.45, 7) is 6.03. The molecular formula is C21H23N3O2. The van der Waals surface area contributed by atoms with Crippen molar-refractivity contribution >= 4 is 23.2 Å². The fourth-order valence-corrected chi connectivity index (χ4v) is 3.07. The molecule has 134 valence electrons. The van der Waals surface area contributed by atoms with Crippen molar-refractivity contribution in [2.45, 2.75) is 39.7 Å². The van der Waals surface area contributed by atoms with Crippen LogP contribution in [0.3, 0.4) is 0 Å². The van der Waals surface area contributed by atoms with Crippen molar-refractivity contribution in [2.24, 2.45) is 5.10 Å². The predicted molar refractivity (Wildman–Crippen MR) is 103 cm³/mol. The Balaban J connectivity index is 1.78. The number of para-hydroxylation sites is 1. The Labute approximate surface area is 153 Å². The highest BCUT2D eigenvalue weighted by atomic mass is 16.2. The number of rotatable bonds is 4. The number of anilines is 1. The van der Waals surface area contributed by atoms with E-state index in [-0.39, 0.29) is 24.3 Å². The zero-order chi connectivity index (χ0) is 18.7. The van der Waals surface area contributed by atoms with Crippen LogP contribution in [0.1, 0.15) is 42.5 Å². The second kappa shape index (κ2) is 7.52. The van der Waals surface area contributed by atoms with Gasteiger partial charge in [0.2, 0.25) is 5.91 Å². The standard InChI is InChI=1S/C21H23N3O2/c1-14-9-10-15(2)18(13-14)16(3)22-21(26)19-11-12-20(25)24(23-19)17-7-5-4-6-8-17/h4-10,13,16H,11-12H2,1-3H3,(H,22,26). The second-order valence-electron chi connectivity index (χ2n) is 6.64. The molecule has 2 amide bonds. The molecule has 5 heteroatoms. The number of nitrogens with zero attached hydrogens (tertiary/aromatic N) is 2. The number of hydrazone groups is 1. The van der Waals surface area contributed by atoms with E-state index in [1.54, 1.807) is 12.1 Å². The van der Waals surface area contributed by atoms with Gasteiger partial charge in [-0.15, -0.1) is 0 Å². The summed E-state index contributed by atoms with van der Waals surface area (Å²) in [6, 6.07) is 15.2. The number of carbonyl (C=O) groups excluding carboxylic acids is 2. The van der Waals surface area contributed by atoms with Gasteiger partial charge in [0, 0.05) is 12.8 Å². The molecule has 0 saturated carbocycles. The number of hydrogen-bond acceptors (Lipinski definition) is 3. The summed E-state index contributed by atoms with van der Waals surface area (Å²) in [6.07, 6.45) is 0.631. The van der Waals surface area contributed by atoms with Crippen molar-refractivity contribution in [3.63, 3.8) is 0 Å². The minimum absolute atomic E-state index is 0.102. The molecule has 0 fully saturated rings. The zero-order valence-corrected chi connectivity index (χ0v) is 15.3. The molecule has 5 nitrogen and oxygen atoms in total. The molecule has 2 aromatic rings. The first-order valence-electron chi connectivity index (χ1n) is 8.79. The summed E-state index contributed by atoms with van der Waals surface area (Å²) in [7, 11) is 0. The third-order valence-corrected chi connectivity index (χ3v) is 4.54. The summed E-state index contributed by atoms with van der Waals surface area (Å²) in [5.41, 5.74) is 4.43. The third kappa shape index (κ3) is 3.82. The van der Waals surface area contributed by atoms with Crippen LogP contribution in [0.4, 0.5) is 5.69 Å². The molecule has 1 unspecified atom stereocenters. The van der Waals surface area contributed by atoms with Gasteiger partial charge in [0.25, 0.3) is 5.91 Å². The molecule has 3 rings (SSSR count). The van der Waals surface area contributed by atoms with Crippen molar-refractivity contribution in [2.75, 3.05) is 5.01 Å². The minimum atomic E-state index is -0.230. The molecule has 0 spiro atoms. The van der Waals surface area contributed by atoms with Gasteiger partial charge in [-0.3, -0.25) is 9.59 Å². The van der Waals surface area contributed by atoms with Gasteiger partial charge in [0.1, 0.15) is 5.71 Å². The maximum atomic E-state index is 12.7. The molecule has 0 radical (unpaired) electrons. The normalized spacial score (nSPS) is 15.4. The van der Waals surface area contributed by atoms with Crippen LogP contribution in [0.25, 0.3) is 0 Å². The minimum Gasteiger partial charge on any atom is -0.344 e. The van der Waals surface area contributed by atoms with Crippen molar-refractivity contribution in [1.82, 2.24) is 5.32 Å². The lowest BCUT2D eigenvalue weighted by molar-refractivity contribution is -0.119. The van der Waals surface area contributed by atoms with Gasteiger partial charge in [-0.25, -0.2) is 5.01 Å².